The number of ether oxygens (including phenoxy) is 1. The summed E-state index contributed by atoms with van der Waals surface area (Å²) in [4.78, 5) is 18.5. The first-order valence-electron chi connectivity index (χ1n) is 12.0. The number of nitrogens with zero attached hydrogens (tertiary/aromatic N) is 6. The molecule has 5 rings (SSSR count). The molecule has 0 saturated carbocycles. The number of aliphatic hydroxyl groups is 1. The van der Waals surface area contributed by atoms with Crippen LogP contribution in [0.2, 0.25) is 0 Å². The Bertz CT molecular complexity index is 1520. The van der Waals surface area contributed by atoms with Crippen molar-refractivity contribution in [3.05, 3.63) is 54.2 Å². The van der Waals surface area contributed by atoms with E-state index in [4.69, 9.17) is 16.2 Å². The summed E-state index contributed by atoms with van der Waals surface area (Å²) < 4.78 is 62.7. The predicted molar refractivity (Wildman–Crippen MR) is 135 cm³/mol. The van der Waals surface area contributed by atoms with Crippen LogP contribution in [0.15, 0.2) is 37.1 Å². The van der Waals surface area contributed by atoms with Crippen LogP contribution < -0.4 is 21.1 Å². The van der Waals surface area contributed by atoms with Crippen molar-refractivity contribution < 1.29 is 27.4 Å². The molecule has 0 spiro atoms. The second-order valence-corrected chi connectivity index (χ2v) is 9.51. The molecule has 5 N–H and O–H groups in total. The number of piperidine rings is 1. The Morgan fingerprint density at radius 1 is 1.13 bits per heavy atom. The van der Waals surface area contributed by atoms with Gasteiger partial charge in [-0.05, 0) is 30.5 Å². The topological polar surface area (TPSA) is 141 Å². The summed E-state index contributed by atoms with van der Waals surface area (Å²) in [6.45, 7) is 0.503. The van der Waals surface area contributed by atoms with E-state index in [0.717, 1.165) is 12.1 Å². The first-order valence-corrected chi connectivity index (χ1v) is 12.0. The SMILES string of the molecule is COc1cc(F)c(-c2cc(Cn3cnc4ncnc(N)c43)c(N3CCC[C@](N)([C@H](O)C(F)F)C3)cn2)cc1F. The van der Waals surface area contributed by atoms with Gasteiger partial charge >= 0.3 is 0 Å². The molecule has 0 aliphatic carbocycles. The highest BCUT2D eigenvalue weighted by molar-refractivity contribution is 5.81. The Labute approximate surface area is 220 Å². The number of nitrogens with two attached hydrogens (primary N) is 2. The minimum atomic E-state index is -3.01. The van der Waals surface area contributed by atoms with Crippen LogP contribution in [0.4, 0.5) is 29.1 Å². The highest BCUT2D eigenvalue weighted by Gasteiger charge is 2.43. The van der Waals surface area contributed by atoms with E-state index in [9.17, 15) is 22.7 Å². The molecule has 206 valence electrons. The van der Waals surface area contributed by atoms with Crippen molar-refractivity contribution in [2.24, 2.45) is 5.73 Å². The highest BCUT2D eigenvalue weighted by Crippen LogP contribution is 2.35. The third-order valence-corrected chi connectivity index (χ3v) is 6.99. The van der Waals surface area contributed by atoms with Crippen molar-refractivity contribution in [1.29, 1.82) is 0 Å². The zero-order valence-corrected chi connectivity index (χ0v) is 20.9. The lowest BCUT2D eigenvalue weighted by molar-refractivity contribution is -0.0529. The Morgan fingerprint density at radius 3 is 2.67 bits per heavy atom. The molecule has 2 atom stereocenters. The molecule has 1 aromatic carbocycles. The standard InChI is InChI=1S/C25H26F4N8O2/c1-39-19-7-15(26)14(6-16(19)27)17-5-13(9-37-12-35-24-20(37)23(30)33-11-34-24)18(8-32-17)36-4-2-3-25(31,10-36)21(38)22(28)29/h5-8,11-12,21-22,38H,2-4,9-10,31H2,1H3,(H2,30,33,34)/t21-,25-/m1/s1. The molecule has 1 aliphatic heterocycles. The van der Waals surface area contributed by atoms with Crippen molar-refractivity contribution in [2.45, 2.75) is 37.5 Å². The van der Waals surface area contributed by atoms with Crippen LogP contribution in [-0.2, 0) is 6.54 Å². The summed E-state index contributed by atoms with van der Waals surface area (Å²) >= 11 is 0. The van der Waals surface area contributed by atoms with E-state index in [1.54, 1.807) is 15.5 Å². The fourth-order valence-corrected chi connectivity index (χ4v) is 4.98. The maximum Gasteiger partial charge on any atom is 0.265 e. The van der Waals surface area contributed by atoms with Crippen LogP contribution in [0.1, 0.15) is 18.4 Å². The van der Waals surface area contributed by atoms with Gasteiger partial charge in [-0.15, -0.1) is 0 Å². The second kappa shape index (κ2) is 10.3. The van der Waals surface area contributed by atoms with Gasteiger partial charge in [-0.3, -0.25) is 4.98 Å². The van der Waals surface area contributed by atoms with E-state index >= 15 is 0 Å². The number of rotatable bonds is 7. The molecule has 0 bridgehead atoms. The van der Waals surface area contributed by atoms with Crippen molar-refractivity contribution >= 4 is 22.7 Å². The number of pyridine rings is 1. The van der Waals surface area contributed by atoms with Gasteiger partial charge in [0.05, 0.1) is 43.1 Å². The number of aliphatic hydroxyl groups excluding tert-OH is 1. The summed E-state index contributed by atoms with van der Waals surface area (Å²) in [5, 5.41) is 10.1. The van der Waals surface area contributed by atoms with Crippen LogP contribution in [0.25, 0.3) is 22.4 Å². The number of benzene rings is 1. The molecule has 1 fully saturated rings. The van der Waals surface area contributed by atoms with Crippen molar-refractivity contribution in [1.82, 2.24) is 24.5 Å². The summed E-state index contributed by atoms with van der Waals surface area (Å²) in [6, 6.07) is 3.49. The van der Waals surface area contributed by atoms with Crippen LogP contribution in [0.3, 0.4) is 0 Å². The summed E-state index contributed by atoms with van der Waals surface area (Å²) in [5.41, 5.74) is 12.7. The van der Waals surface area contributed by atoms with E-state index in [-0.39, 0.29) is 42.3 Å². The number of imidazole rings is 1. The zero-order chi connectivity index (χ0) is 27.9. The van der Waals surface area contributed by atoms with E-state index in [1.807, 2.05) is 0 Å². The van der Waals surface area contributed by atoms with E-state index < -0.39 is 29.7 Å². The molecule has 1 aliphatic rings. The van der Waals surface area contributed by atoms with E-state index in [1.165, 1.54) is 26.0 Å². The van der Waals surface area contributed by atoms with Gasteiger partial charge in [0.25, 0.3) is 6.43 Å². The minimum absolute atomic E-state index is 0.0754. The first kappa shape index (κ1) is 26.6. The number of alkyl halides is 2. The first-order chi connectivity index (χ1) is 18.6. The summed E-state index contributed by atoms with van der Waals surface area (Å²) in [7, 11) is 1.23. The fourth-order valence-electron chi connectivity index (χ4n) is 4.98. The van der Waals surface area contributed by atoms with Crippen molar-refractivity contribution in [2.75, 3.05) is 30.8 Å². The zero-order valence-electron chi connectivity index (χ0n) is 20.9. The molecule has 1 saturated heterocycles. The van der Waals surface area contributed by atoms with Gasteiger partial charge in [0.1, 0.15) is 23.8 Å². The Morgan fingerprint density at radius 2 is 1.92 bits per heavy atom. The van der Waals surface area contributed by atoms with Gasteiger partial charge in [0, 0.05) is 24.7 Å². The minimum Gasteiger partial charge on any atom is -0.494 e. The lowest BCUT2D eigenvalue weighted by Gasteiger charge is -2.44. The van der Waals surface area contributed by atoms with Crippen LogP contribution in [0, 0.1) is 11.6 Å². The number of hydrogen-bond acceptors (Lipinski definition) is 9. The number of fused-ring (bicyclic) bond motifs is 1. The fraction of sp³-hybridized carbons (Fsp3) is 0.360. The average Bonchev–Trinajstić information content (AvgIpc) is 3.33. The van der Waals surface area contributed by atoms with Crippen LogP contribution >= 0.6 is 0 Å². The lowest BCUT2D eigenvalue weighted by atomic mass is 9.84. The molecular weight excluding hydrogens is 520 g/mol. The third kappa shape index (κ3) is 4.92. The predicted octanol–water partition coefficient (Wildman–Crippen LogP) is 2.73. The number of aromatic nitrogens is 5. The molecule has 10 nitrogen and oxygen atoms in total. The summed E-state index contributed by atoms with van der Waals surface area (Å²) in [6.07, 6.45) is -0.150. The molecule has 3 aromatic heterocycles. The Hall–Kier alpha value is -4.04. The number of methoxy groups -OCH3 is 1. The van der Waals surface area contributed by atoms with Gasteiger partial charge in [0.2, 0.25) is 0 Å². The molecule has 4 aromatic rings. The Kier molecular flexibility index (Phi) is 6.99. The molecule has 0 radical (unpaired) electrons. The largest absolute Gasteiger partial charge is 0.494 e. The third-order valence-electron chi connectivity index (χ3n) is 6.99. The smallest absolute Gasteiger partial charge is 0.265 e. The molecule has 0 unspecified atom stereocenters. The molecule has 0 amide bonds. The number of halogens is 4. The van der Waals surface area contributed by atoms with Crippen molar-refractivity contribution in [3.8, 4) is 17.0 Å². The monoisotopic (exact) mass is 546 g/mol. The van der Waals surface area contributed by atoms with Crippen molar-refractivity contribution in [3.63, 3.8) is 0 Å². The lowest BCUT2D eigenvalue weighted by Crippen LogP contribution is -2.63. The molecule has 4 heterocycles. The average molecular weight is 547 g/mol. The molecular formula is C25H26F4N8O2. The quantitative estimate of drug-likeness (QED) is 0.298. The van der Waals surface area contributed by atoms with Gasteiger partial charge < -0.3 is 30.8 Å². The highest BCUT2D eigenvalue weighted by atomic mass is 19.3. The van der Waals surface area contributed by atoms with Crippen LogP contribution in [0.5, 0.6) is 5.75 Å². The number of hydrogen-bond donors (Lipinski definition) is 3. The second-order valence-electron chi connectivity index (χ2n) is 9.51. The summed E-state index contributed by atoms with van der Waals surface area (Å²) in [5.74, 6) is -1.57. The van der Waals surface area contributed by atoms with Gasteiger partial charge in [-0.2, -0.15) is 0 Å². The number of anilines is 2. The maximum atomic E-state index is 14.9. The number of nitrogen functional groups attached to an aromatic ring is 1. The van der Waals surface area contributed by atoms with Gasteiger partial charge in [0.15, 0.2) is 23.0 Å². The molecule has 39 heavy (non-hydrogen) atoms. The van der Waals surface area contributed by atoms with E-state index in [2.05, 4.69) is 19.9 Å². The normalized spacial score (nSPS) is 18.6. The Balaban J connectivity index is 1.61. The molecule has 14 heteroatoms. The maximum absolute atomic E-state index is 14.9. The van der Waals surface area contributed by atoms with Gasteiger partial charge in [-0.1, -0.05) is 0 Å². The van der Waals surface area contributed by atoms with E-state index in [0.29, 0.717) is 35.4 Å². The van der Waals surface area contributed by atoms with Crippen LogP contribution in [-0.4, -0.2) is 67.9 Å². The van der Waals surface area contributed by atoms with Gasteiger partial charge in [-0.25, -0.2) is 32.5 Å².